The lowest BCUT2D eigenvalue weighted by Crippen LogP contribution is -2.20. The quantitative estimate of drug-likeness (QED) is 0.238. The van der Waals surface area contributed by atoms with Crippen LogP contribution < -0.4 is 0 Å². The van der Waals surface area contributed by atoms with Gasteiger partial charge in [-0.1, -0.05) is 71.9 Å². The Morgan fingerprint density at radius 3 is 2.53 bits per heavy atom. The van der Waals surface area contributed by atoms with Crippen molar-refractivity contribution >= 4 is 34.1 Å². The molecule has 0 unspecified atom stereocenters. The summed E-state index contributed by atoms with van der Waals surface area (Å²) in [6.45, 7) is 1.46. The van der Waals surface area contributed by atoms with Crippen LogP contribution in [0.4, 0.5) is 0 Å². The first-order valence-electron chi connectivity index (χ1n) is 11.0. The Bertz CT molecular complexity index is 1400. The molecule has 0 saturated carbocycles. The first kappa shape index (κ1) is 22.6. The van der Waals surface area contributed by atoms with E-state index in [1.165, 1.54) is 21.9 Å². The Kier molecular flexibility index (Phi) is 6.90. The summed E-state index contributed by atoms with van der Waals surface area (Å²) >= 11 is 7.98. The van der Waals surface area contributed by atoms with Gasteiger partial charge in [0.2, 0.25) is 0 Å². The molecule has 34 heavy (non-hydrogen) atoms. The monoisotopic (exact) mass is 485 g/mol. The zero-order valence-electron chi connectivity index (χ0n) is 18.8. The van der Waals surface area contributed by atoms with Crippen molar-refractivity contribution < 1.29 is 0 Å². The third kappa shape index (κ3) is 5.14. The number of halogens is 1. The van der Waals surface area contributed by atoms with Gasteiger partial charge in [0.05, 0.1) is 12.2 Å². The zero-order valence-corrected chi connectivity index (χ0v) is 20.4. The molecule has 0 aliphatic carbocycles. The van der Waals surface area contributed by atoms with E-state index in [1.54, 1.807) is 11.8 Å². The predicted octanol–water partition coefficient (Wildman–Crippen LogP) is 6.39. The second kappa shape index (κ2) is 10.4. The van der Waals surface area contributed by atoms with Crippen LogP contribution in [0.3, 0.4) is 0 Å². The Morgan fingerprint density at radius 1 is 0.882 bits per heavy atom. The second-order valence-corrected chi connectivity index (χ2v) is 9.55. The summed E-state index contributed by atoms with van der Waals surface area (Å²) in [4.78, 5) is 6.37. The maximum Gasteiger partial charge on any atom is 0.196 e. The van der Waals surface area contributed by atoms with Crippen molar-refractivity contribution in [2.24, 2.45) is 0 Å². The first-order valence-corrected chi connectivity index (χ1v) is 12.4. The maximum absolute atomic E-state index is 6.33. The number of hydrogen-bond donors (Lipinski definition) is 0. The lowest BCUT2D eigenvalue weighted by Gasteiger charge is -2.19. The molecule has 0 bridgehead atoms. The smallest absolute Gasteiger partial charge is 0.196 e. The number of thioether (sulfide) groups is 1. The van der Waals surface area contributed by atoms with E-state index in [-0.39, 0.29) is 0 Å². The summed E-state index contributed by atoms with van der Waals surface area (Å²) in [5, 5.41) is 13.2. The van der Waals surface area contributed by atoms with Crippen molar-refractivity contribution in [3.8, 4) is 5.69 Å². The minimum Gasteiger partial charge on any atom is -0.295 e. The third-order valence-electron chi connectivity index (χ3n) is 5.62. The number of rotatable bonds is 8. The van der Waals surface area contributed by atoms with Crippen LogP contribution in [0.2, 0.25) is 5.02 Å². The van der Waals surface area contributed by atoms with Gasteiger partial charge in [0.25, 0.3) is 0 Å². The molecule has 5 nitrogen and oxygen atoms in total. The van der Waals surface area contributed by atoms with E-state index in [0.717, 1.165) is 29.0 Å². The summed E-state index contributed by atoms with van der Waals surface area (Å²) in [5.41, 5.74) is 3.44. The Balaban J connectivity index is 1.41. The molecule has 0 spiro atoms. The minimum absolute atomic E-state index is 0.651. The minimum atomic E-state index is 0.651. The molecule has 0 amide bonds. The molecule has 3 aromatic carbocycles. The Labute approximate surface area is 208 Å². The number of hydrogen-bond acceptors (Lipinski definition) is 5. The van der Waals surface area contributed by atoms with E-state index in [2.05, 4.69) is 74.2 Å². The van der Waals surface area contributed by atoms with Crippen molar-refractivity contribution in [3.63, 3.8) is 0 Å². The van der Waals surface area contributed by atoms with Gasteiger partial charge in [-0.05, 0) is 59.3 Å². The molecule has 170 valence electrons. The van der Waals surface area contributed by atoms with Crippen molar-refractivity contribution in [1.82, 2.24) is 24.6 Å². The number of pyridine rings is 1. The molecule has 0 atom stereocenters. The van der Waals surface area contributed by atoms with Gasteiger partial charge in [0.1, 0.15) is 0 Å². The Morgan fingerprint density at radius 2 is 1.68 bits per heavy atom. The summed E-state index contributed by atoms with van der Waals surface area (Å²) in [7, 11) is 2.11. The molecular formula is C27H24ClN5S. The molecule has 0 aliphatic rings. The van der Waals surface area contributed by atoms with Gasteiger partial charge in [0, 0.05) is 29.7 Å². The van der Waals surface area contributed by atoms with E-state index < -0.39 is 0 Å². The van der Waals surface area contributed by atoms with Gasteiger partial charge in [-0.3, -0.25) is 14.5 Å². The number of nitrogens with zero attached hydrogens (tertiary/aromatic N) is 5. The summed E-state index contributed by atoms with van der Waals surface area (Å²) < 4.78 is 2.11. The number of fused-ring (bicyclic) bond motifs is 1. The molecule has 5 aromatic rings. The molecule has 5 rings (SSSR count). The van der Waals surface area contributed by atoms with Crippen molar-refractivity contribution in [3.05, 3.63) is 113 Å². The fourth-order valence-corrected chi connectivity index (χ4v) is 5.13. The fraction of sp³-hybridized carbons (Fsp3) is 0.148. The lowest BCUT2D eigenvalue weighted by atomic mass is 10.0. The zero-order chi connectivity index (χ0) is 23.3. The molecule has 2 aromatic heterocycles. The van der Waals surface area contributed by atoms with Crippen LogP contribution in [0, 0.1) is 0 Å². The topological polar surface area (TPSA) is 46.8 Å². The van der Waals surface area contributed by atoms with Crippen LogP contribution >= 0.6 is 23.4 Å². The largest absolute Gasteiger partial charge is 0.295 e. The van der Waals surface area contributed by atoms with Gasteiger partial charge in [-0.25, -0.2) is 0 Å². The van der Waals surface area contributed by atoms with E-state index >= 15 is 0 Å². The molecular weight excluding hydrogens is 462 g/mol. The molecule has 0 fully saturated rings. The van der Waals surface area contributed by atoms with Crippen LogP contribution in [0.5, 0.6) is 0 Å². The van der Waals surface area contributed by atoms with Crippen molar-refractivity contribution in [2.45, 2.75) is 24.0 Å². The highest BCUT2D eigenvalue weighted by Crippen LogP contribution is 2.27. The van der Waals surface area contributed by atoms with Crippen molar-refractivity contribution in [2.75, 3.05) is 7.05 Å². The van der Waals surface area contributed by atoms with Crippen LogP contribution in [0.25, 0.3) is 16.5 Å². The summed E-state index contributed by atoms with van der Waals surface area (Å²) in [5.74, 6) is 1.66. The third-order valence-corrected chi connectivity index (χ3v) is 6.85. The average molecular weight is 486 g/mol. The molecule has 0 radical (unpaired) electrons. The second-order valence-electron chi connectivity index (χ2n) is 8.17. The standard InChI is InChI=1S/C27H24ClN5S/c1-32(17-22-8-4-7-21-6-2-3-11-25(21)22)18-26-30-31-27(34-19-20-12-14-29-15-13-20)33(26)24-10-5-9-23(28)16-24/h2-16H,17-19H2,1H3. The SMILES string of the molecule is CN(Cc1cccc2ccccc12)Cc1nnc(SCc2ccncc2)n1-c1cccc(Cl)c1. The van der Waals surface area contributed by atoms with Gasteiger partial charge >= 0.3 is 0 Å². The number of aromatic nitrogens is 4. The van der Waals surface area contributed by atoms with Crippen LogP contribution in [-0.2, 0) is 18.8 Å². The van der Waals surface area contributed by atoms with Gasteiger partial charge in [0.15, 0.2) is 11.0 Å². The summed E-state index contributed by atoms with van der Waals surface area (Å²) in [6, 6.07) is 26.8. The maximum atomic E-state index is 6.33. The highest BCUT2D eigenvalue weighted by atomic mass is 35.5. The van der Waals surface area contributed by atoms with Gasteiger partial charge < -0.3 is 0 Å². The lowest BCUT2D eigenvalue weighted by molar-refractivity contribution is 0.309. The molecule has 0 saturated heterocycles. The first-order chi connectivity index (χ1) is 16.7. The van der Waals surface area contributed by atoms with Crippen LogP contribution in [0.15, 0.2) is 96.4 Å². The average Bonchev–Trinajstić information content (AvgIpc) is 3.25. The summed E-state index contributed by atoms with van der Waals surface area (Å²) in [6.07, 6.45) is 3.62. The van der Waals surface area contributed by atoms with E-state index in [4.69, 9.17) is 11.6 Å². The Hall–Kier alpha value is -3.19. The highest BCUT2D eigenvalue weighted by Gasteiger charge is 2.17. The highest BCUT2D eigenvalue weighted by molar-refractivity contribution is 7.98. The molecule has 7 heteroatoms. The molecule has 0 aliphatic heterocycles. The van der Waals surface area contributed by atoms with Crippen LogP contribution in [-0.4, -0.2) is 31.7 Å². The van der Waals surface area contributed by atoms with Crippen molar-refractivity contribution in [1.29, 1.82) is 0 Å². The predicted molar refractivity (Wildman–Crippen MR) is 139 cm³/mol. The van der Waals surface area contributed by atoms with E-state index in [0.29, 0.717) is 11.6 Å². The number of benzene rings is 3. The van der Waals surface area contributed by atoms with E-state index in [9.17, 15) is 0 Å². The molecule has 2 heterocycles. The van der Waals surface area contributed by atoms with E-state index in [1.807, 2.05) is 48.8 Å². The van der Waals surface area contributed by atoms with Gasteiger partial charge in [-0.2, -0.15) is 0 Å². The van der Waals surface area contributed by atoms with Gasteiger partial charge in [-0.15, -0.1) is 10.2 Å². The fourth-order valence-electron chi connectivity index (χ4n) is 4.02. The van der Waals surface area contributed by atoms with Crippen LogP contribution in [0.1, 0.15) is 17.0 Å². The molecule has 0 N–H and O–H groups in total. The normalized spacial score (nSPS) is 11.4.